The molecule has 1 aromatic carbocycles. The molecule has 0 saturated heterocycles. The first-order valence-corrected chi connectivity index (χ1v) is 18.7. The number of rotatable bonds is 6. The lowest BCUT2D eigenvalue weighted by atomic mass is 9.68. The minimum Gasteiger partial charge on any atom is -0.410 e. The van der Waals surface area contributed by atoms with Crippen LogP contribution in [0.3, 0.4) is 0 Å². The summed E-state index contributed by atoms with van der Waals surface area (Å²) in [6, 6.07) is 7.30. The fourth-order valence-electron chi connectivity index (χ4n) is 7.02. The predicted octanol–water partition coefficient (Wildman–Crippen LogP) is 9.56. The average molecular weight is 616 g/mol. The van der Waals surface area contributed by atoms with Gasteiger partial charge < -0.3 is 14.3 Å². The lowest BCUT2D eigenvalue weighted by Crippen LogP contribution is -2.44. The number of fused-ring (bicyclic) bond motifs is 1. The summed E-state index contributed by atoms with van der Waals surface area (Å²) in [5.74, 6) is 0.248. The molecule has 1 aliphatic heterocycles. The van der Waals surface area contributed by atoms with Crippen LogP contribution in [0.15, 0.2) is 36.4 Å². The molecule has 5 rings (SSSR count). The molecule has 3 aliphatic rings. The maximum absolute atomic E-state index is 13.1. The van der Waals surface area contributed by atoms with Crippen molar-refractivity contribution in [2.24, 2.45) is 11.3 Å². The van der Waals surface area contributed by atoms with Gasteiger partial charge in [0.2, 0.25) is 0 Å². The van der Waals surface area contributed by atoms with Crippen LogP contribution in [0, 0.1) is 11.3 Å². The molecule has 4 atom stereocenters. The van der Waals surface area contributed by atoms with Crippen LogP contribution in [0.2, 0.25) is 18.1 Å². The van der Waals surface area contributed by atoms with E-state index in [0.717, 1.165) is 62.0 Å². The van der Waals surface area contributed by atoms with Crippen molar-refractivity contribution in [3.63, 3.8) is 0 Å². The Morgan fingerprint density at radius 2 is 1.79 bits per heavy atom. The topological polar surface area (TPSA) is 51.6 Å². The minimum atomic E-state index is -4.39. The number of aromatic nitrogens is 1. The molecule has 8 heteroatoms. The summed E-state index contributed by atoms with van der Waals surface area (Å²) in [6.45, 7) is 17.1. The molecule has 0 bridgehead atoms. The Morgan fingerprint density at radius 3 is 2.37 bits per heavy atom. The summed E-state index contributed by atoms with van der Waals surface area (Å²) >= 11 is 0. The summed E-state index contributed by atoms with van der Waals surface area (Å²) in [4.78, 5) is 5.30. The molecule has 1 spiro atoms. The number of hydrogen-bond donors (Lipinski definition) is 1. The zero-order valence-corrected chi connectivity index (χ0v) is 27.8. The van der Waals surface area contributed by atoms with Crippen LogP contribution in [0.1, 0.15) is 118 Å². The highest BCUT2D eigenvalue weighted by Gasteiger charge is 2.50. The van der Waals surface area contributed by atoms with E-state index in [0.29, 0.717) is 18.8 Å². The summed E-state index contributed by atoms with van der Waals surface area (Å²) in [7, 11) is -2.16. The van der Waals surface area contributed by atoms with Crippen molar-refractivity contribution in [1.82, 2.24) is 4.98 Å². The van der Waals surface area contributed by atoms with Crippen LogP contribution in [0.4, 0.5) is 13.2 Å². The van der Waals surface area contributed by atoms with Crippen molar-refractivity contribution in [2.75, 3.05) is 13.2 Å². The van der Waals surface area contributed by atoms with Crippen molar-refractivity contribution in [3.8, 4) is 0 Å². The van der Waals surface area contributed by atoms with E-state index >= 15 is 0 Å². The third-order valence-electron chi connectivity index (χ3n) is 10.6. The first-order chi connectivity index (χ1) is 20.0. The minimum absolute atomic E-state index is 0.0299. The molecule has 4 nitrogen and oxygen atoms in total. The third kappa shape index (κ3) is 6.68. The predicted molar refractivity (Wildman–Crippen MR) is 167 cm³/mol. The second-order valence-corrected chi connectivity index (χ2v) is 19.7. The Balaban J connectivity index is 1.52. The monoisotopic (exact) mass is 615 g/mol. The highest BCUT2D eigenvalue weighted by atomic mass is 28.4. The normalized spacial score (nSPS) is 25.6. The summed E-state index contributed by atoms with van der Waals surface area (Å²) in [5.41, 5.74) is 5.79. The van der Waals surface area contributed by atoms with E-state index in [1.165, 1.54) is 28.8 Å². The fraction of sp³-hybridized carbons (Fsp3) is 0.629. The van der Waals surface area contributed by atoms with Gasteiger partial charge in [-0.15, -0.1) is 0 Å². The highest BCUT2D eigenvalue weighted by Crippen LogP contribution is 2.58. The highest BCUT2D eigenvalue weighted by molar-refractivity contribution is 6.74. The molecule has 1 aromatic heterocycles. The molecule has 1 fully saturated rings. The van der Waals surface area contributed by atoms with E-state index < -0.39 is 26.2 Å². The number of hydrogen-bond acceptors (Lipinski definition) is 4. The summed E-state index contributed by atoms with van der Waals surface area (Å²) in [6.07, 6.45) is 2.03. The van der Waals surface area contributed by atoms with Crippen molar-refractivity contribution in [2.45, 2.75) is 116 Å². The Hall–Kier alpha value is -2.00. The third-order valence-corrected chi connectivity index (χ3v) is 15.0. The second-order valence-electron chi connectivity index (χ2n) is 15.0. The Kier molecular flexibility index (Phi) is 8.84. The van der Waals surface area contributed by atoms with E-state index in [-0.39, 0.29) is 28.4 Å². The van der Waals surface area contributed by atoms with Gasteiger partial charge in [0.05, 0.1) is 31.0 Å². The number of ether oxygens (including phenoxy) is 1. The van der Waals surface area contributed by atoms with Crippen LogP contribution in [0.5, 0.6) is 0 Å². The average Bonchev–Trinajstić information content (AvgIpc) is 3.33. The first kappa shape index (κ1) is 32.4. The van der Waals surface area contributed by atoms with E-state index in [1.807, 2.05) is 0 Å². The molecular weight excluding hydrogens is 567 g/mol. The van der Waals surface area contributed by atoms with Crippen molar-refractivity contribution >= 4 is 13.9 Å². The number of pyridine rings is 1. The molecule has 1 N–H and O–H groups in total. The van der Waals surface area contributed by atoms with Gasteiger partial charge in [0.1, 0.15) is 0 Å². The number of aliphatic hydroxyl groups excluding tert-OH is 1. The molecular formula is C35H48F3NO3Si. The van der Waals surface area contributed by atoms with Gasteiger partial charge in [-0.05, 0) is 109 Å². The van der Waals surface area contributed by atoms with Crippen molar-refractivity contribution in [3.05, 3.63) is 70.0 Å². The molecule has 0 amide bonds. The van der Waals surface area contributed by atoms with Gasteiger partial charge in [0.15, 0.2) is 8.32 Å². The zero-order chi connectivity index (χ0) is 31.4. The molecule has 1 saturated carbocycles. The van der Waals surface area contributed by atoms with Gasteiger partial charge in [-0.1, -0.05) is 52.8 Å². The van der Waals surface area contributed by atoms with Crippen LogP contribution in [0.25, 0.3) is 5.57 Å². The van der Waals surface area contributed by atoms with Gasteiger partial charge >= 0.3 is 6.18 Å². The van der Waals surface area contributed by atoms with E-state index in [2.05, 4.69) is 59.9 Å². The Morgan fingerprint density at radius 1 is 1.09 bits per heavy atom. The number of alkyl halides is 3. The lowest BCUT2D eigenvalue weighted by molar-refractivity contribution is -0.137. The van der Waals surface area contributed by atoms with Gasteiger partial charge in [0, 0.05) is 17.0 Å². The van der Waals surface area contributed by atoms with E-state index in [4.69, 9.17) is 14.1 Å². The molecule has 236 valence electrons. The summed E-state index contributed by atoms with van der Waals surface area (Å²) in [5, 5.41) is 11.4. The second kappa shape index (κ2) is 11.7. The number of benzene rings is 1. The fourth-order valence-corrected chi connectivity index (χ4v) is 8.29. The van der Waals surface area contributed by atoms with Crippen LogP contribution in [-0.4, -0.2) is 31.6 Å². The van der Waals surface area contributed by atoms with E-state index in [9.17, 15) is 18.3 Å². The number of aliphatic hydroxyl groups is 1. The largest absolute Gasteiger partial charge is 0.416 e. The van der Waals surface area contributed by atoms with Crippen LogP contribution in [-0.2, 0) is 21.8 Å². The van der Waals surface area contributed by atoms with Crippen LogP contribution < -0.4 is 0 Å². The molecule has 2 aromatic rings. The lowest BCUT2D eigenvalue weighted by Gasteiger charge is -2.46. The Bertz CT molecular complexity index is 1350. The molecule has 1 unspecified atom stereocenters. The van der Waals surface area contributed by atoms with Gasteiger partial charge in [-0.2, -0.15) is 13.2 Å². The summed E-state index contributed by atoms with van der Waals surface area (Å²) < 4.78 is 52.4. The van der Waals surface area contributed by atoms with Crippen LogP contribution >= 0.6 is 0 Å². The molecule has 2 aliphatic carbocycles. The van der Waals surface area contributed by atoms with Gasteiger partial charge in [0.25, 0.3) is 0 Å². The maximum Gasteiger partial charge on any atom is 0.416 e. The Labute approximate surface area is 256 Å². The molecule has 2 heterocycles. The van der Waals surface area contributed by atoms with Crippen molar-refractivity contribution in [1.29, 1.82) is 0 Å². The van der Waals surface area contributed by atoms with E-state index in [1.54, 1.807) is 0 Å². The maximum atomic E-state index is 13.1. The molecule has 43 heavy (non-hydrogen) atoms. The van der Waals surface area contributed by atoms with Crippen molar-refractivity contribution < 1.29 is 27.4 Å². The smallest absolute Gasteiger partial charge is 0.410 e. The first-order valence-electron chi connectivity index (χ1n) is 15.8. The quantitative estimate of drug-likeness (QED) is 0.329. The number of nitrogens with zero attached hydrogens (tertiary/aromatic N) is 1. The van der Waals surface area contributed by atoms with Gasteiger partial charge in [-0.3, -0.25) is 4.98 Å². The SMILES string of the molecule is CC(C)c1cc(C2=CCOCC2)c2c(n1)C[C@]1(CC[C@@H](C(O)c3ccc(C(F)(F)F)cc3)C1)C[C@H]2O[Si](C)(C)C(C)(C)C. The standard InChI is InChI=1S/C35H48F3NO3Si/c1-22(2)28-18-27(23-13-16-41-17-14-23)31-29(39-28)20-34(21-30(31)42-43(6,7)33(3,4)5)15-12-25(19-34)32(40)24-8-10-26(11-9-24)35(36,37)38/h8-11,13,18,22,25,30,32,40H,12,14-17,19-21H2,1-7H3/t25-,30-,32?,34-/m1/s1. The van der Waals surface area contributed by atoms with Gasteiger partial charge in [-0.25, -0.2) is 0 Å². The molecule has 0 radical (unpaired) electrons. The number of halogens is 3. The zero-order valence-electron chi connectivity index (χ0n) is 26.8.